The van der Waals surface area contributed by atoms with Gasteiger partial charge in [-0.05, 0) is 62.3 Å². The van der Waals surface area contributed by atoms with Crippen molar-refractivity contribution in [3.8, 4) is 11.5 Å². The fourth-order valence-electron chi connectivity index (χ4n) is 2.84. The number of hydrogen-bond acceptors (Lipinski definition) is 4. The van der Waals surface area contributed by atoms with E-state index in [0.29, 0.717) is 13.2 Å². The van der Waals surface area contributed by atoms with E-state index in [1.165, 1.54) is 5.56 Å². The Morgan fingerprint density at radius 2 is 1.90 bits per heavy atom. The normalized spacial score (nSPS) is 11.4. The molecule has 0 saturated carbocycles. The summed E-state index contributed by atoms with van der Waals surface area (Å²) >= 11 is 0. The molecule has 0 amide bonds. The number of rotatable bonds is 10. The molecule has 0 aliphatic rings. The molecular weight excluding hydrogens is 364 g/mol. The maximum atomic E-state index is 5.81. The summed E-state index contributed by atoms with van der Waals surface area (Å²) < 4.78 is 11.2. The first-order chi connectivity index (χ1) is 14.0. The summed E-state index contributed by atoms with van der Waals surface area (Å²) in [6.45, 7) is 5.10. The van der Waals surface area contributed by atoms with Crippen LogP contribution in [0.2, 0.25) is 0 Å². The van der Waals surface area contributed by atoms with E-state index in [2.05, 4.69) is 57.8 Å². The van der Waals surface area contributed by atoms with Crippen molar-refractivity contribution >= 4 is 5.96 Å². The number of aryl methyl sites for hydroxylation is 1. The molecule has 0 aliphatic heterocycles. The zero-order valence-corrected chi connectivity index (χ0v) is 18.3. The van der Waals surface area contributed by atoms with Crippen molar-refractivity contribution in [3.63, 3.8) is 0 Å². The highest BCUT2D eigenvalue weighted by Crippen LogP contribution is 2.19. The van der Waals surface area contributed by atoms with E-state index in [0.717, 1.165) is 48.1 Å². The Bertz CT molecular complexity index is 790. The average Bonchev–Trinajstić information content (AvgIpc) is 2.71. The highest BCUT2D eigenvalue weighted by molar-refractivity contribution is 5.79. The molecule has 6 heteroatoms. The minimum atomic E-state index is 0.677. The van der Waals surface area contributed by atoms with E-state index < -0.39 is 0 Å². The van der Waals surface area contributed by atoms with Crippen molar-refractivity contribution < 1.29 is 9.47 Å². The maximum Gasteiger partial charge on any atom is 0.191 e. The van der Waals surface area contributed by atoms with Crippen molar-refractivity contribution in [1.29, 1.82) is 0 Å². The lowest BCUT2D eigenvalue weighted by atomic mass is 10.1. The Labute approximate surface area is 174 Å². The second-order valence-electron chi connectivity index (χ2n) is 7.21. The van der Waals surface area contributed by atoms with Gasteiger partial charge < -0.3 is 25.0 Å². The van der Waals surface area contributed by atoms with Gasteiger partial charge in [-0.25, -0.2) is 0 Å². The summed E-state index contributed by atoms with van der Waals surface area (Å²) in [5, 5.41) is 6.72. The lowest BCUT2D eigenvalue weighted by Crippen LogP contribution is -2.37. The molecule has 0 atom stereocenters. The van der Waals surface area contributed by atoms with Gasteiger partial charge in [0.25, 0.3) is 0 Å². The molecular formula is C23H34N4O2. The summed E-state index contributed by atoms with van der Waals surface area (Å²) in [5.74, 6) is 2.60. The Hall–Kier alpha value is -2.73. The summed E-state index contributed by atoms with van der Waals surface area (Å²) in [6.07, 6.45) is 0.895. The molecule has 2 N–H and O–H groups in total. The first kappa shape index (κ1) is 22.6. The van der Waals surface area contributed by atoms with Crippen LogP contribution in [0.4, 0.5) is 0 Å². The molecule has 0 radical (unpaired) electrons. The van der Waals surface area contributed by atoms with Gasteiger partial charge in [0.15, 0.2) is 5.96 Å². The third-order valence-electron chi connectivity index (χ3n) is 4.57. The number of hydrogen-bond donors (Lipinski definition) is 2. The number of benzene rings is 2. The van der Waals surface area contributed by atoms with Crippen LogP contribution in [0.25, 0.3) is 0 Å². The van der Waals surface area contributed by atoms with Gasteiger partial charge >= 0.3 is 0 Å². The Kier molecular flexibility index (Phi) is 9.31. The number of methoxy groups -OCH3 is 1. The van der Waals surface area contributed by atoms with Gasteiger partial charge in [-0.2, -0.15) is 0 Å². The fraction of sp³-hybridized carbons (Fsp3) is 0.435. The van der Waals surface area contributed by atoms with E-state index in [-0.39, 0.29) is 0 Å². The predicted molar refractivity (Wildman–Crippen MR) is 120 cm³/mol. The van der Waals surface area contributed by atoms with E-state index in [1.54, 1.807) is 14.2 Å². The zero-order valence-electron chi connectivity index (χ0n) is 18.3. The summed E-state index contributed by atoms with van der Waals surface area (Å²) in [4.78, 5) is 6.41. The van der Waals surface area contributed by atoms with Crippen molar-refractivity contribution in [2.45, 2.75) is 19.9 Å². The molecule has 0 heterocycles. The van der Waals surface area contributed by atoms with Crippen molar-refractivity contribution in [2.24, 2.45) is 4.99 Å². The van der Waals surface area contributed by atoms with Crippen LogP contribution in [0.15, 0.2) is 47.5 Å². The second kappa shape index (κ2) is 12.0. The minimum Gasteiger partial charge on any atom is -0.496 e. The van der Waals surface area contributed by atoms with Crippen LogP contribution in [-0.4, -0.2) is 58.8 Å². The molecule has 0 aromatic heterocycles. The van der Waals surface area contributed by atoms with Gasteiger partial charge in [0.2, 0.25) is 0 Å². The molecule has 2 aromatic rings. The number of nitrogens with one attached hydrogen (secondary N) is 2. The first-order valence-corrected chi connectivity index (χ1v) is 9.96. The van der Waals surface area contributed by atoms with Crippen molar-refractivity contribution in [1.82, 2.24) is 15.5 Å². The van der Waals surface area contributed by atoms with E-state index in [1.807, 2.05) is 26.2 Å². The summed E-state index contributed by atoms with van der Waals surface area (Å²) in [6, 6.07) is 14.5. The number of aliphatic imine (C=N–C) groups is 1. The van der Waals surface area contributed by atoms with Gasteiger partial charge in [0.05, 0.1) is 7.11 Å². The predicted octanol–water partition coefficient (Wildman–Crippen LogP) is 2.85. The Morgan fingerprint density at radius 3 is 2.62 bits per heavy atom. The van der Waals surface area contributed by atoms with Crippen molar-refractivity contribution in [2.75, 3.05) is 47.9 Å². The monoisotopic (exact) mass is 398 g/mol. The van der Waals surface area contributed by atoms with E-state index in [9.17, 15) is 0 Å². The van der Waals surface area contributed by atoms with Gasteiger partial charge in [-0.15, -0.1) is 0 Å². The van der Waals surface area contributed by atoms with Gasteiger partial charge in [0.1, 0.15) is 18.1 Å². The summed E-state index contributed by atoms with van der Waals surface area (Å²) in [7, 11) is 7.57. The summed E-state index contributed by atoms with van der Waals surface area (Å²) in [5.41, 5.74) is 3.53. The maximum absolute atomic E-state index is 5.81. The minimum absolute atomic E-state index is 0.677. The molecule has 0 unspecified atom stereocenters. The number of nitrogens with zero attached hydrogens (tertiary/aromatic N) is 2. The Morgan fingerprint density at radius 1 is 1.07 bits per heavy atom. The van der Waals surface area contributed by atoms with Crippen LogP contribution >= 0.6 is 0 Å². The highest BCUT2D eigenvalue weighted by atomic mass is 16.5. The average molecular weight is 399 g/mol. The van der Waals surface area contributed by atoms with Crippen LogP contribution in [0.3, 0.4) is 0 Å². The molecule has 2 rings (SSSR count). The topological polar surface area (TPSA) is 58.1 Å². The quantitative estimate of drug-likeness (QED) is 0.476. The van der Waals surface area contributed by atoms with E-state index >= 15 is 0 Å². The third-order valence-corrected chi connectivity index (χ3v) is 4.57. The van der Waals surface area contributed by atoms with Gasteiger partial charge in [-0.1, -0.05) is 24.3 Å². The number of guanidine groups is 1. The molecule has 0 aliphatic carbocycles. The zero-order chi connectivity index (χ0) is 21.1. The van der Waals surface area contributed by atoms with E-state index in [4.69, 9.17) is 9.47 Å². The number of likely N-dealkylation sites (N-methyl/N-ethyl adjacent to an activating group) is 1. The van der Waals surface area contributed by atoms with Gasteiger partial charge in [-0.3, -0.25) is 4.99 Å². The van der Waals surface area contributed by atoms with Crippen LogP contribution < -0.4 is 20.1 Å². The standard InChI is InChI=1S/C23H34N4O2/c1-18-9-10-19(16-22(18)28-5)11-12-25-23(24-2)26-17-20-7-6-8-21(15-20)29-14-13-27(3)4/h6-10,15-16H,11-14,17H2,1-5H3,(H2,24,25,26). The molecule has 6 nitrogen and oxygen atoms in total. The first-order valence-electron chi connectivity index (χ1n) is 9.96. The van der Waals surface area contributed by atoms with Crippen LogP contribution in [-0.2, 0) is 13.0 Å². The highest BCUT2D eigenvalue weighted by Gasteiger charge is 2.03. The molecule has 0 spiro atoms. The lowest BCUT2D eigenvalue weighted by Gasteiger charge is -2.14. The molecule has 0 bridgehead atoms. The molecule has 29 heavy (non-hydrogen) atoms. The van der Waals surface area contributed by atoms with Gasteiger partial charge in [0, 0.05) is 26.7 Å². The lowest BCUT2D eigenvalue weighted by molar-refractivity contribution is 0.261. The van der Waals surface area contributed by atoms with Crippen molar-refractivity contribution in [3.05, 3.63) is 59.2 Å². The second-order valence-corrected chi connectivity index (χ2v) is 7.21. The molecule has 158 valence electrons. The molecule has 0 saturated heterocycles. The van der Waals surface area contributed by atoms with Crippen LogP contribution in [0.1, 0.15) is 16.7 Å². The van der Waals surface area contributed by atoms with Crippen LogP contribution in [0, 0.1) is 6.92 Å². The SMILES string of the molecule is CN=C(NCCc1ccc(C)c(OC)c1)NCc1cccc(OCCN(C)C)c1. The molecule has 2 aromatic carbocycles. The number of ether oxygens (including phenoxy) is 2. The smallest absolute Gasteiger partial charge is 0.191 e. The third kappa shape index (κ3) is 8.03. The van der Waals surface area contributed by atoms with Crippen LogP contribution in [0.5, 0.6) is 11.5 Å². The fourth-order valence-corrected chi connectivity index (χ4v) is 2.84. The Balaban J connectivity index is 1.79. The largest absolute Gasteiger partial charge is 0.496 e. The molecule has 0 fully saturated rings.